The van der Waals surface area contributed by atoms with Gasteiger partial charge in [-0.1, -0.05) is 29.3 Å². The summed E-state index contributed by atoms with van der Waals surface area (Å²) >= 11 is 13.6. The minimum Gasteiger partial charge on any atom is -0.455 e. The van der Waals surface area contributed by atoms with Gasteiger partial charge in [-0.05, 0) is 29.7 Å². The number of hydrogen-bond donors (Lipinski definition) is 0. The number of ketones is 2. The van der Waals surface area contributed by atoms with E-state index in [0.717, 1.165) is 16.1 Å². The van der Waals surface area contributed by atoms with Crippen LogP contribution in [0.3, 0.4) is 0 Å². The van der Waals surface area contributed by atoms with Crippen LogP contribution in [0.5, 0.6) is 0 Å². The van der Waals surface area contributed by atoms with Gasteiger partial charge < -0.3 is 8.98 Å². The number of hydrogen-bond acceptors (Lipinski definition) is 4. The van der Waals surface area contributed by atoms with Crippen molar-refractivity contribution >= 4 is 63.3 Å². The first-order chi connectivity index (χ1) is 13.4. The van der Waals surface area contributed by atoms with Crippen LogP contribution in [-0.4, -0.2) is 16.1 Å². The lowest BCUT2D eigenvalue weighted by Crippen LogP contribution is -1.99. The van der Waals surface area contributed by atoms with Gasteiger partial charge >= 0.3 is 0 Å². The van der Waals surface area contributed by atoms with Gasteiger partial charge in [0, 0.05) is 30.3 Å². The second kappa shape index (κ2) is 6.21. The van der Waals surface area contributed by atoms with Crippen molar-refractivity contribution in [1.29, 1.82) is 0 Å². The molecule has 3 aromatic heterocycles. The van der Waals surface area contributed by atoms with Crippen LogP contribution in [0, 0.1) is 0 Å². The largest absolute Gasteiger partial charge is 0.455 e. The molecule has 4 aromatic rings. The van der Waals surface area contributed by atoms with E-state index in [2.05, 4.69) is 0 Å². The lowest BCUT2D eigenvalue weighted by molar-refractivity contribution is 0.0990. The van der Waals surface area contributed by atoms with Crippen LogP contribution < -0.4 is 0 Å². The highest BCUT2D eigenvalue weighted by Gasteiger charge is 2.34. The number of allylic oxidation sites excluding steroid dienone is 1. The van der Waals surface area contributed by atoms with Crippen molar-refractivity contribution in [2.45, 2.75) is 0 Å². The van der Waals surface area contributed by atoms with Crippen LogP contribution >= 0.6 is 34.5 Å². The standard InChI is InChI=1S/C21H11Cl2NO3S/c1-24-16-6-10(27-18(16)9-17(24)19-3-2-4-28-19)5-13-20(25)11-7-14(22)15(23)8-12(11)21(13)26/h2-9H,1H3. The Hall–Kier alpha value is -2.60. The van der Waals surface area contributed by atoms with Gasteiger partial charge in [0.25, 0.3) is 0 Å². The summed E-state index contributed by atoms with van der Waals surface area (Å²) < 4.78 is 7.91. The summed E-state index contributed by atoms with van der Waals surface area (Å²) in [7, 11) is 1.95. The zero-order valence-electron chi connectivity index (χ0n) is 14.5. The molecule has 1 aliphatic rings. The molecule has 1 aliphatic carbocycles. The maximum Gasteiger partial charge on any atom is 0.197 e. The van der Waals surface area contributed by atoms with Crippen molar-refractivity contribution in [3.8, 4) is 10.6 Å². The molecule has 5 rings (SSSR count). The van der Waals surface area contributed by atoms with E-state index in [1.807, 2.05) is 41.3 Å². The predicted molar refractivity (Wildman–Crippen MR) is 112 cm³/mol. The van der Waals surface area contributed by atoms with E-state index in [1.54, 1.807) is 11.3 Å². The monoisotopic (exact) mass is 427 g/mol. The molecule has 3 heterocycles. The van der Waals surface area contributed by atoms with E-state index in [0.29, 0.717) is 11.3 Å². The highest BCUT2D eigenvalue weighted by molar-refractivity contribution is 7.13. The Labute approximate surface area is 173 Å². The summed E-state index contributed by atoms with van der Waals surface area (Å²) in [6.45, 7) is 0. The number of Topliss-reactive ketones (excluding diaryl/α,β-unsaturated/α-hetero) is 2. The molecule has 7 heteroatoms. The molecule has 1 aromatic carbocycles. The second-order valence-electron chi connectivity index (χ2n) is 6.49. The lowest BCUT2D eigenvalue weighted by Gasteiger charge is -1.99. The summed E-state index contributed by atoms with van der Waals surface area (Å²) in [5.41, 5.74) is 3.21. The molecule has 28 heavy (non-hydrogen) atoms. The first kappa shape index (κ1) is 17.5. The zero-order chi connectivity index (χ0) is 19.6. The molecule has 0 amide bonds. The van der Waals surface area contributed by atoms with Crippen LogP contribution in [0.1, 0.15) is 26.5 Å². The molecule has 0 radical (unpaired) electrons. The Bertz CT molecular complexity index is 1280. The van der Waals surface area contributed by atoms with E-state index in [9.17, 15) is 9.59 Å². The molecule has 0 atom stereocenters. The van der Waals surface area contributed by atoms with Gasteiger partial charge in [0.15, 0.2) is 17.1 Å². The molecule has 4 nitrogen and oxygen atoms in total. The number of fused-ring (bicyclic) bond motifs is 2. The van der Waals surface area contributed by atoms with E-state index in [1.165, 1.54) is 18.2 Å². The second-order valence-corrected chi connectivity index (χ2v) is 8.25. The minimum absolute atomic E-state index is 0.0471. The fourth-order valence-electron chi connectivity index (χ4n) is 3.45. The number of halogens is 2. The van der Waals surface area contributed by atoms with Crippen molar-refractivity contribution in [1.82, 2.24) is 4.57 Å². The third-order valence-electron chi connectivity index (χ3n) is 4.85. The molecule has 0 saturated carbocycles. The summed E-state index contributed by atoms with van der Waals surface area (Å²) in [5.74, 6) is -0.309. The van der Waals surface area contributed by atoms with Gasteiger partial charge in [0.2, 0.25) is 0 Å². The topological polar surface area (TPSA) is 52.2 Å². The maximum absolute atomic E-state index is 12.7. The summed E-state index contributed by atoms with van der Waals surface area (Å²) in [5, 5.41) is 2.51. The highest BCUT2D eigenvalue weighted by atomic mass is 35.5. The molecule has 0 aliphatic heterocycles. The Kier molecular flexibility index (Phi) is 3.88. The Morgan fingerprint density at radius 2 is 1.71 bits per heavy atom. The number of carbonyl (C=O) groups is 2. The molecule has 0 fully saturated rings. The van der Waals surface area contributed by atoms with Gasteiger partial charge in [-0.25, -0.2) is 0 Å². The predicted octanol–water partition coefficient (Wildman–Crippen LogP) is 6.27. The SMILES string of the molecule is Cn1c(-c2cccs2)cc2oc(C=C3C(=O)c4cc(Cl)c(Cl)cc4C3=O)cc21. The number of benzene rings is 1. The van der Waals surface area contributed by atoms with E-state index in [-0.39, 0.29) is 38.3 Å². The average Bonchev–Trinajstić information content (AvgIpc) is 3.41. The van der Waals surface area contributed by atoms with Crippen molar-refractivity contribution in [2.24, 2.45) is 7.05 Å². The number of nitrogens with zero attached hydrogens (tertiary/aromatic N) is 1. The molecule has 0 spiro atoms. The molecule has 0 N–H and O–H groups in total. The molecule has 138 valence electrons. The molecule has 0 bridgehead atoms. The van der Waals surface area contributed by atoms with E-state index >= 15 is 0 Å². The number of rotatable bonds is 2. The van der Waals surface area contributed by atoms with Crippen molar-refractivity contribution in [3.05, 3.63) is 74.3 Å². The Morgan fingerprint density at radius 3 is 2.29 bits per heavy atom. The summed E-state index contributed by atoms with van der Waals surface area (Å²) in [6, 6.07) is 10.7. The fourth-order valence-corrected chi connectivity index (χ4v) is 4.56. The van der Waals surface area contributed by atoms with Crippen LogP contribution in [0.4, 0.5) is 0 Å². The molecule has 0 unspecified atom stereocenters. The number of furan rings is 1. The van der Waals surface area contributed by atoms with Crippen molar-refractivity contribution < 1.29 is 14.0 Å². The highest BCUT2D eigenvalue weighted by Crippen LogP contribution is 2.36. The van der Waals surface area contributed by atoms with Gasteiger partial charge in [0.05, 0.1) is 31.7 Å². The van der Waals surface area contributed by atoms with Gasteiger partial charge in [0.1, 0.15) is 5.76 Å². The van der Waals surface area contributed by atoms with E-state index in [4.69, 9.17) is 27.6 Å². The average molecular weight is 428 g/mol. The third-order valence-corrected chi connectivity index (χ3v) is 6.46. The smallest absolute Gasteiger partial charge is 0.197 e. The molecule has 0 saturated heterocycles. The van der Waals surface area contributed by atoms with Crippen molar-refractivity contribution in [3.63, 3.8) is 0 Å². The van der Waals surface area contributed by atoms with Gasteiger partial charge in [-0.15, -0.1) is 11.3 Å². The quantitative estimate of drug-likeness (QED) is 0.279. The Balaban J connectivity index is 1.57. The van der Waals surface area contributed by atoms with Crippen LogP contribution in [0.25, 0.3) is 27.7 Å². The summed E-state index contributed by atoms with van der Waals surface area (Å²) in [4.78, 5) is 26.5. The minimum atomic E-state index is -0.377. The molecular weight excluding hydrogens is 417 g/mol. The van der Waals surface area contributed by atoms with Gasteiger partial charge in [-0.2, -0.15) is 0 Å². The first-order valence-electron chi connectivity index (χ1n) is 8.37. The zero-order valence-corrected chi connectivity index (χ0v) is 16.8. The first-order valence-corrected chi connectivity index (χ1v) is 10.0. The number of thiophene rings is 1. The fraction of sp³-hybridized carbons (Fsp3) is 0.0476. The molecular formula is C21H11Cl2NO3S. The van der Waals surface area contributed by atoms with Crippen LogP contribution in [-0.2, 0) is 7.05 Å². The number of aryl methyl sites for hydroxylation is 1. The van der Waals surface area contributed by atoms with Crippen LogP contribution in [0.2, 0.25) is 10.0 Å². The maximum atomic E-state index is 12.7. The lowest BCUT2D eigenvalue weighted by atomic mass is 10.1. The third kappa shape index (κ3) is 2.51. The normalized spacial score (nSPS) is 13.6. The van der Waals surface area contributed by atoms with Crippen molar-refractivity contribution in [2.75, 3.05) is 0 Å². The Morgan fingerprint density at radius 1 is 1.04 bits per heavy atom. The number of carbonyl (C=O) groups excluding carboxylic acids is 2. The number of aromatic nitrogens is 1. The van der Waals surface area contributed by atoms with E-state index < -0.39 is 0 Å². The van der Waals surface area contributed by atoms with Gasteiger partial charge in [-0.3, -0.25) is 9.59 Å². The van der Waals surface area contributed by atoms with Crippen LogP contribution in [0.15, 0.2) is 51.8 Å². The summed E-state index contributed by atoms with van der Waals surface area (Å²) in [6.07, 6.45) is 1.48.